The molecule has 17 nitrogen and oxygen atoms in total. The van der Waals surface area contributed by atoms with Crippen LogP contribution in [0.25, 0.3) is 0 Å². The Morgan fingerprint density at radius 3 is 1.77 bits per heavy atom. The number of thioether (sulfide) groups is 1. The van der Waals surface area contributed by atoms with E-state index in [1.165, 1.54) is 26.2 Å². The third kappa shape index (κ3) is 14.7. The number of nitrogens with one attached hydrogen (secondary N) is 2. The lowest BCUT2D eigenvalue weighted by Crippen LogP contribution is -2.61. The molecular weight excluding hydrogens is 756 g/mol. The number of ether oxygens (including phenoxy) is 7. The fourth-order valence-electron chi connectivity index (χ4n) is 5.49. The monoisotopic (exact) mass is 804 g/mol. The van der Waals surface area contributed by atoms with Crippen LogP contribution in [0.2, 0.25) is 0 Å². The third-order valence-electron chi connectivity index (χ3n) is 7.75. The lowest BCUT2D eigenvalue weighted by atomic mass is 9.99. The van der Waals surface area contributed by atoms with Gasteiger partial charge in [0, 0.05) is 45.4 Å². The van der Waals surface area contributed by atoms with Crippen LogP contribution < -0.4 is 10.6 Å². The summed E-state index contributed by atoms with van der Waals surface area (Å²) in [6, 6.07) is 10.4. The Morgan fingerprint density at radius 1 is 0.732 bits per heavy atom. The Labute approximate surface area is 328 Å². The fourth-order valence-corrected chi connectivity index (χ4v) is 6.60. The van der Waals surface area contributed by atoms with E-state index in [-0.39, 0.29) is 25.2 Å². The second-order valence-electron chi connectivity index (χ2n) is 13.7. The number of hydrogen-bond donors (Lipinski definition) is 3. The Kier molecular flexibility index (Phi) is 16.5. The molecule has 56 heavy (non-hydrogen) atoms. The quantitative estimate of drug-likeness (QED) is 0.174. The van der Waals surface area contributed by atoms with Gasteiger partial charge in [-0.25, -0.2) is 9.59 Å². The number of phenols is 1. The van der Waals surface area contributed by atoms with E-state index in [2.05, 4.69) is 10.6 Å². The Bertz CT molecular complexity index is 1710. The zero-order chi connectivity index (χ0) is 41.7. The number of phenolic OH excluding ortho intramolecular Hbond substituents is 1. The molecule has 0 aliphatic carbocycles. The zero-order valence-electron chi connectivity index (χ0n) is 32.4. The second kappa shape index (κ2) is 20.5. The molecule has 2 amide bonds. The predicted octanol–water partition coefficient (Wildman–Crippen LogP) is 2.90. The summed E-state index contributed by atoms with van der Waals surface area (Å²) in [4.78, 5) is 88.0. The maximum atomic E-state index is 13.7. The van der Waals surface area contributed by atoms with Crippen LogP contribution >= 0.6 is 11.8 Å². The summed E-state index contributed by atoms with van der Waals surface area (Å²) in [5.41, 5.74) is -0.760. The molecule has 306 valence electrons. The van der Waals surface area contributed by atoms with Crippen molar-refractivity contribution in [3.63, 3.8) is 0 Å². The van der Waals surface area contributed by atoms with Gasteiger partial charge in [0.05, 0.1) is 7.11 Å². The molecule has 3 rings (SSSR count). The van der Waals surface area contributed by atoms with Crippen LogP contribution in [-0.2, 0) is 74.8 Å². The van der Waals surface area contributed by atoms with E-state index in [4.69, 9.17) is 33.2 Å². The van der Waals surface area contributed by atoms with E-state index < -0.39 is 89.4 Å². The van der Waals surface area contributed by atoms with Crippen molar-refractivity contribution in [2.75, 3.05) is 13.7 Å². The number of benzene rings is 2. The third-order valence-corrected chi connectivity index (χ3v) is 8.91. The molecule has 2 aromatic carbocycles. The molecule has 1 fully saturated rings. The van der Waals surface area contributed by atoms with Gasteiger partial charge in [-0.15, -0.1) is 0 Å². The van der Waals surface area contributed by atoms with Gasteiger partial charge in [0.1, 0.15) is 41.6 Å². The largest absolute Gasteiger partial charge is 0.508 e. The van der Waals surface area contributed by atoms with Gasteiger partial charge in [-0.1, -0.05) is 36.0 Å². The molecule has 0 aromatic heterocycles. The maximum absolute atomic E-state index is 13.7. The molecule has 7 atom stereocenters. The SMILES string of the molecule is COC(=O)[C@@H](Cc1ccc(O)cc1)NC(=O)[C@H](Cc1ccc(S[C@@H]2OC(COC(C)=O)[C@@H](OC(C)=O)C(OC(C)=O)C2OC(C)=O)cc1)NC(=O)OC(C)(C)C. The van der Waals surface area contributed by atoms with E-state index in [9.17, 15) is 38.7 Å². The van der Waals surface area contributed by atoms with Crippen molar-refractivity contribution < 1.29 is 71.8 Å². The molecule has 0 spiro atoms. The van der Waals surface area contributed by atoms with Gasteiger partial charge < -0.3 is 48.9 Å². The highest BCUT2D eigenvalue weighted by atomic mass is 32.2. The first-order valence-corrected chi connectivity index (χ1v) is 18.3. The van der Waals surface area contributed by atoms with Crippen LogP contribution in [0, 0.1) is 0 Å². The summed E-state index contributed by atoms with van der Waals surface area (Å²) in [6.45, 7) is 9.18. The van der Waals surface area contributed by atoms with Crippen LogP contribution in [0.1, 0.15) is 59.6 Å². The summed E-state index contributed by atoms with van der Waals surface area (Å²) >= 11 is 1.06. The van der Waals surface area contributed by atoms with E-state index in [0.29, 0.717) is 16.0 Å². The highest BCUT2D eigenvalue weighted by molar-refractivity contribution is 7.99. The topological polar surface area (TPSA) is 228 Å². The lowest BCUT2D eigenvalue weighted by Gasteiger charge is -2.44. The van der Waals surface area contributed by atoms with Gasteiger partial charge in [-0.3, -0.25) is 24.0 Å². The molecular formula is C38H48N2O15S. The normalized spacial score (nSPS) is 20.2. The minimum atomic E-state index is -1.34. The van der Waals surface area contributed by atoms with E-state index in [1.807, 2.05) is 0 Å². The van der Waals surface area contributed by atoms with Crippen molar-refractivity contribution >= 4 is 53.6 Å². The number of rotatable bonds is 15. The van der Waals surface area contributed by atoms with Crippen molar-refractivity contribution in [3.05, 3.63) is 59.7 Å². The standard InChI is InChI=1S/C38H48N2O15S/c1-20(41)50-19-30-31(51-21(2)42)32(52-22(3)43)33(53-23(4)44)36(54-30)56-27-15-11-25(12-16-27)17-28(40-37(48)55-38(5,6)7)34(46)39-29(35(47)49-8)18-24-9-13-26(45)14-10-24/h9-16,28-33,36,45H,17-19H2,1-8H3,(H,39,46)(H,40,48)/t28-,29+,30?,31+,32?,33?,36-/m0/s1. The Balaban J connectivity index is 1.90. The predicted molar refractivity (Wildman–Crippen MR) is 197 cm³/mol. The van der Waals surface area contributed by atoms with Gasteiger partial charge in [0.15, 0.2) is 18.3 Å². The van der Waals surface area contributed by atoms with Crippen molar-refractivity contribution in [3.8, 4) is 5.75 Å². The molecule has 3 N–H and O–H groups in total. The van der Waals surface area contributed by atoms with Gasteiger partial charge in [-0.2, -0.15) is 0 Å². The van der Waals surface area contributed by atoms with E-state index in [1.54, 1.807) is 57.2 Å². The molecule has 1 aliphatic heterocycles. The molecule has 1 aliphatic rings. The van der Waals surface area contributed by atoms with Crippen LogP contribution in [0.15, 0.2) is 53.4 Å². The first kappa shape index (κ1) is 45.0. The minimum absolute atomic E-state index is 0.0245. The van der Waals surface area contributed by atoms with Gasteiger partial charge in [0.2, 0.25) is 5.91 Å². The molecule has 1 saturated heterocycles. The number of aromatic hydroxyl groups is 1. The average Bonchev–Trinajstić information content (AvgIpc) is 3.09. The summed E-state index contributed by atoms with van der Waals surface area (Å²) in [5.74, 6) is -4.31. The second-order valence-corrected chi connectivity index (χ2v) is 14.9. The van der Waals surface area contributed by atoms with Gasteiger partial charge in [-0.05, 0) is 56.2 Å². The molecule has 2 aromatic rings. The molecule has 3 unspecified atom stereocenters. The number of carbonyl (C=O) groups is 7. The van der Waals surface area contributed by atoms with Gasteiger partial charge in [0.25, 0.3) is 0 Å². The number of esters is 5. The molecule has 0 saturated carbocycles. The highest BCUT2D eigenvalue weighted by Gasteiger charge is 2.52. The Hall–Kier alpha value is -5.36. The highest BCUT2D eigenvalue weighted by Crippen LogP contribution is 2.38. The fraction of sp³-hybridized carbons (Fsp3) is 0.500. The zero-order valence-corrected chi connectivity index (χ0v) is 33.2. The van der Waals surface area contributed by atoms with Crippen molar-refractivity contribution in [2.45, 2.75) is 114 Å². The summed E-state index contributed by atoms with van der Waals surface area (Å²) < 4.78 is 38.1. The number of amides is 2. The maximum Gasteiger partial charge on any atom is 0.408 e. The van der Waals surface area contributed by atoms with Crippen LogP contribution in [0.3, 0.4) is 0 Å². The first-order valence-electron chi connectivity index (χ1n) is 17.5. The first-order chi connectivity index (χ1) is 26.2. The number of methoxy groups -OCH3 is 1. The van der Waals surface area contributed by atoms with E-state index >= 15 is 0 Å². The molecule has 18 heteroatoms. The molecule has 0 radical (unpaired) electrons. The Morgan fingerprint density at radius 2 is 1.25 bits per heavy atom. The smallest absolute Gasteiger partial charge is 0.408 e. The van der Waals surface area contributed by atoms with Gasteiger partial charge >= 0.3 is 35.9 Å². The minimum Gasteiger partial charge on any atom is -0.508 e. The van der Waals surface area contributed by atoms with Crippen LogP contribution in [0.4, 0.5) is 4.79 Å². The van der Waals surface area contributed by atoms with Crippen molar-refractivity contribution in [2.24, 2.45) is 0 Å². The summed E-state index contributed by atoms with van der Waals surface area (Å²) in [6.07, 6.45) is -5.95. The van der Waals surface area contributed by atoms with E-state index in [0.717, 1.165) is 32.5 Å². The number of hydrogen-bond acceptors (Lipinski definition) is 16. The molecule has 1 heterocycles. The lowest BCUT2D eigenvalue weighted by molar-refractivity contribution is -0.237. The van der Waals surface area contributed by atoms with Crippen LogP contribution in [-0.4, -0.2) is 108 Å². The molecule has 0 bridgehead atoms. The van der Waals surface area contributed by atoms with Crippen LogP contribution in [0.5, 0.6) is 5.75 Å². The number of carbonyl (C=O) groups excluding carboxylic acids is 7. The van der Waals surface area contributed by atoms with Crippen molar-refractivity contribution in [1.82, 2.24) is 10.6 Å². The summed E-state index contributed by atoms with van der Waals surface area (Å²) in [5, 5.41) is 14.9. The number of alkyl carbamates (subject to hydrolysis) is 1. The average molecular weight is 805 g/mol. The summed E-state index contributed by atoms with van der Waals surface area (Å²) in [7, 11) is 1.18. The van der Waals surface area contributed by atoms with Crippen molar-refractivity contribution in [1.29, 1.82) is 0 Å².